The third-order valence-corrected chi connectivity index (χ3v) is 5.84. The van der Waals surface area contributed by atoms with Crippen LogP contribution in [0.3, 0.4) is 0 Å². The molecule has 0 fully saturated rings. The molecule has 0 saturated carbocycles. The number of rotatable bonds is 5. The van der Waals surface area contributed by atoms with Gasteiger partial charge < -0.3 is 9.47 Å². The number of para-hydroxylation sites is 2. The lowest BCUT2D eigenvalue weighted by Gasteiger charge is -2.24. The van der Waals surface area contributed by atoms with Crippen molar-refractivity contribution in [2.24, 2.45) is 0 Å². The molecule has 1 heterocycles. The molecule has 0 aliphatic carbocycles. The molecule has 1 N–H and O–H groups in total. The average Bonchev–Trinajstić information content (AvgIpc) is 3.11. The van der Waals surface area contributed by atoms with E-state index >= 15 is 0 Å². The van der Waals surface area contributed by atoms with Crippen LogP contribution in [-0.2, 0) is 10.0 Å². The van der Waals surface area contributed by atoms with Crippen LogP contribution < -0.4 is 14.2 Å². The minimum Gasteiger partial charge on any atom is -0.449 e. The van der Waals surface area contributed by atoms with Crippen LogP contribution in [0.25, 0.3) is 0 Å². The molecule has 0 amide bonds. The molecule has 5 nitrogen and oxygen atoms in total. The third-order valence-electron chi connectivity index (χ3n) is 4.38. The zero-order valence-corrected chi connectivity index (χ0v) is 15.5. The van der Waals surface area contributed by atoms with Gasteiger partial charge in [-0.3, -0.25) is 0 Å². The molecular weight excluding hydrogens is 362 g/mol. The molecule has 0 unspecified atom stereocenters. The molecule has 1 atom stereocenters. The van der Waals surface area contributed by atoms with E-state index in [9.17, 15) is 8.42 Å². The fourth-order valence-corrected chi connectivity index (χ4v) is 4.16. The van der Waals surface area contributed by atoms with Crippen molar-refractivity contribution in [3.8, 4) is 11.5 Å². The Morgan fingerprint density at radius 2 is 1.37 bits per heavy atom. The number of hydrogen-bond donors (Lipinski definition) is 1. The molecule has 0 radical (unpaired) electrons. The first-order valence-electron chi connectivity index (χ1n) is 8.59. The first-order valence-corrected chi connectivity index (χ1v) is 10.1. The van der Waals surface area contributed by atoms with Crippen LogP contribution in [0.4, 0.5) is 0 Å². The Labute approximate surface area is 158 Å². The molecule has 1 aliphatic heterocycles. The number of ether oxygens (including phenoxy) is 2. The molecule has 1 aliphatic rings. The maximum Gasteiger partial charge on any atom is 0.261 e. The van der Waals surface area contributed by atoms with Crippen molar-refractivity contribution in [1.82, 2.24) is 4.72 Å². The van der Waals surface area contributed by atoms with Gasteiger partial charge >= 0.3 is 0 Å². The molecule has 4 rings (SSSR count). The summed E-state index contributed by atoms with van der Waals surface area (Å²) >= 11 is 0. The van der Waals surface area contributed by atoms with Crippen molar-refractivity contribution in [1.29, 1.82) is 0 Å². The van der Waals surface area contributed by atoms with Crippen LogP contribution in [0, 0.1) is 6.92 Å². The summed E-state index contributed by atoms with van der Waals surface area (Å²) in [5.74, 6) is 1.19. The monoisotopic (exact) mass is 381 g/mol. The molecule has 0 saturated heterocycles. The fraction of sp³-hybridized carbons (Fsp3) is 0.143. The van der Waals surface area contributed by atoms with Crippen molar-refractivity contribution in [2.45, 2.75) is 24.2 Å². The largest absolute Gasteiger partial charge is 0.449 e. The summed E-state index contributed by atoms with van der Waals surface area (Å²) in [5.41, 5.74) is 1.75. The van der Waals surface area contributed by atoms with E-state index in [0.29, 0.717) is 11.5 Å². The van der Waals surface area contributed by atoms with E-state index in [1.165, 1.54) is 0 Å². The Balaban J connectivity index is 1.66. The van der Waals surface area contributed by atoms with E-state index in [0.717, 1.165) is 11.1 Å². The molecule has 6 heteroatoms. The van der Waals surface area contributed by atoms with Crippen LogP contribution in [0.1, 0.15) is 17.2 Å². The molecule has 3 aromatic carbocycles. The number of aryl methyl sites for hydroxylation is 1. The van der Waals surface area contributed by atoms with Gasteiger partial charge in [0, 0.05) is 0 Å². The number of benzene rings is 3. The fourth-order valence-electron chi connectivity index (χ4n) is 2.95. The van der Waals surface area contributed by atoms with Crippen molar-refractivity contribution >= 4 is 10.0 Å². The first kappa shape index (κ1) is 17.6. The van der Waals surface area contributed by atoms with Crippen molar-refractivity contribution in [3.05, 3.63) is 90.0 Å². The second-order valence-corrected chi connectivity index (χ2v) is 8.09. The zero-order valence-electron chi connectivity index (χ0n) is 14.7. The number of fused-ring (bicyclic) bond motifs is 1. The minimum absolute atomic E-state index is 0.199. The van der Waals surface area contributed by atoms with Crippen molar-refractivity contribution in [3.63, 3.8) is 0 Å². The van der Waals surface area contributed by atoms with E-state index < -0.39 is 22.4 Å². The van der Waals surface area contributed by atoms with E-state index in [1.54, 1.807) is 36.4 Å². The second kappa shape index (κ2) is 7.06. The van der Waals surface area contributed by atoms with E-state index in [1.807, 2.05) is 49.4 Å². The molecular formula is C21H19NO4S. The quantitative estimate of drug-likeness (QED) is 0.730. The van der Waals surface area contributed by atoms with Gasteiger partial charge in [0.05, 0.1) is 4.90 Å². The second-order valence-electron chi connectivity index (χ2n) is 6.37. The molecule has 0 bridgehead atoms. The number of sulfonamides is 1. The predicted molar refractivity (Wildman–Crippen MR) is 102 cm³/mol. The smallest absolute Gasteiger partial charge is 0.261 e. The van der Waals surface area contributed by atoms with E-state index in [4.69, 9.17) is 9.47 Å². The SMILES string of the molecule is Cc1ccc(S(=O)(=O)N[C@H](c2ccccc2)C2Oc3ccccc3O2)cc1. The lowest BCUT2D eigenvalue weighted by Crippen LogP contribution is -2.40. The Hall–Kier alpha value is -2.83. The summed E-state index contributed by atoms with van der Waals surface area (Å²) in [6, 6.07) is 22.6. The van der Waals surface area contributed by atoms with Gasteiger partial charge in [-0.1, -0.05) is 60.2 Å². The summed E-state index contributed by atoms with van der Waals surface area (Å²) in [5, 5.41) is 0. The van der Waals surface area contributed by atoms with Gasteiger partial charge in [0.2, 0.25) is 10.0 Å². The Morgan fingerprint density at radius 1 is 0.815 bits per heavy atom. The van der Waals surface area contributed by atoms with Gasteiger partial charge in [-0.25, -0.2) is 8.42 Å². The molecule has 0 spiro atoms. The summed E-state index contributed by atoms with van der Waals surface area (Å²) in [7, 11) is -3.76. The Morgan fingerprint density at radius 3 is 1.96 bits per heavy atom. The van der Waals surface area contributed by atoms with Gasteiger partial charge in [-0.2, -0.15) is 4.72 Å². The van der Waals surface area contributed by atoms with Crippen molar-refractivity contribution < 1.29 is 17.9 Å². The lowest BCUT2D eigenvalue weighted by atomic mass is 10.1. The number of nitrogens with one attached hydrogen (secondary N) is 1. The zero-order chi connectivity index (χ0) is 18.9. The van der Waals surface area contributed by atoms with E-state index in [-0.39, 0.29) is 4.90 Å². The third kappa shape index (κ3) is 3.67. The maximum atomic E-state index is 12.9. The molecule has 3 aromatic rings. The number of hydrogen-bond acceptors (Lipinski definition) is 4. The molecule has 27 heavy (non-hydrogen) atoms. The lowest BCUT2D eigenvalue weighted by molar-refractivity contribution is 0.0203. The average molecular weight is 381 g/mol. The molecule has 0 aromatic heterocycles. The highest BCUT2D eigenvalue weighted by Gasteiger charge is 2.36. The molecule has 138 valence electrons. The van der Waals surface area contributed by atoms with Crippen LogP contribution in [0.2, 0.25) is 0 Å². The highest BCUT2D eigenvalue weighted by atomic mass is 32.2. The maximum absolute atomic E-state index is 12.9. The highest BCUT2D eigenvalue weighted by Crippen LogP contribution is 2.38. The van der Waals surface area contributed by atoms with Gasteiger partial charge in [0.1, 0.15) is 6.04 Å². The predicted octanol–water partition coefficient (Wildman–Crippen LogP) is 3.81. The van der Waals surface area contributed by atoms with Crippen LogP contribution in [-0.4, -0.2) is 14.7 Å². The van der Waals surface area contributed by atoms with Gasteiger partial charge in [-0.15, -0.1) is 0 Å². The van der Waals surface area contributed by atoms with Crippen LogP contribution >= 0.6 is 0 Å². The van der Waals surface area contributed by atoms with Crippen LogP contribution in [0.15, 0.2) is 83.8 Å². The highest BCUT2D eigenvalue weighted by molar-refractivity contribution is 7.89. The standard InChI is InChI=1S/C21H19NO4S/c1-15-11-13-17(14-12-15)27(23,24)22-20(16-7-3-2-4-8-16)21-25-18-9-5-6-10-19(18)26-21/h2-14,20-22H,1H3/t20-/m1/s1. The van der Waals surface area contributed by atoms with Crippen LogP contribution in [0.5, 0.6) is 11.5 Å². The summed E-state index contributed by atoms with van der Waals surface area (Å²) in [6.45, 7) is 1.91. The summed E-state index contributed by atoms with van der Waals surface area (Å²) in [4.78, 5) is 0.199. The minimum atomic E-state index is -3.76. The van der Waals surface area contributed by atoms with Crippen molar-refractivity contribution in [2.75, 3.05) is 0 Å². The van der Waals surface area contributed by atoms with E-state index in [2.05, 4.69) is 4.72 Å². The summed E-state index contributed by atoms with van der Waals surface area (Å²) in [6.07, 6.45) is -0.801. The topological polar surface area (TPSA) is 64.6 Å². The van der Waals surface area contributed by atoms with Gasteiger partial charge in [-0.05, 0) is 36.8 Å². The normalized spacial score (nSPS) is 14.9. The Bertz CT molecular complexity index is 1010. The first-order chi connectivity index (χ1) is 13.0. The summed E-state index contributed by atoms with van der Waals surface area (Å²) < 4.78 is 40.4. The Kier molecular flexibility index (Phi) is 4.59. The van der Waals surface area contributed by atoms with Gasteiger partial charge in [0.25, 0.3) is 6.29 Å². The van der Waals surface area contributed by atoms with Gasteiger partial charge in [0.15, 0.2) is 11.5 Å².